The lowest BCUT2D eigenvalue weighted by atomic mass is 9.99. The molecule has 0 heterocycles. The van der Waals surface area contributed by atoms with Crippen molar-refractivity contribution in [1.82, 2.24) is 0 Å². The third-order valence-electron chi connectivity index (χ3n) is 1.86. The first-order chi connectivity index (χ1) is 5.63. The fourth-order valence-electron chi connectivity index (χ4n) is 1.07. The van der Waals surface area contributed by atoms with Gasteiger partial charge in [-0.3, -0.25) is 0 Å². The van der Waals surface area contributed by atoms with Crippen LogP contribution in [0.4, 0.5) is 4.39 Å². The Kier molecular flexibility index (Phi) is 2.82. The number of rotatable bonds is 2. The summed E-state index contributed by atoms with van der Waals surface area (Å²) >= 11 is 0. The van der Waals surface area contributed by atoms with Crippen molar-refractivity contribution in [3.8, 4) is 0 Å². The Morgan fingerprint density at radius 1 is 1.25 bits per heavy atom. The molecule has 0 aliphatic rings. The van der Waals surface area contributed by atoms with Gasteiger partial charge in [0.15, 0.2) is 0 Å². The van der Waals surface area contributed by atoms with Crippen LogP contribution >= 0.6 is 0 Å². The summed E-state index contributed by atoms with van der Waals surface area (Å²) < 4.78 is 13.0. The Hall–Kier alpha value is -0.890. The van der Waals surface area contributed by atoms with Crippen molar-refractivity contribution in [1.29, 1.82) is 0 Å². The Morgan fingerprint density at radius 3 is 2.33 bits per heavy atom. The molecule has 0 saturated heterocycles. The van der Waals surface area contributed by atoms with Crippen LogP contribution in [-0.2, 0) is 0 Å². The summed E-state index contributed by atoms with van der Waals surface area (Å²) in [5.41, 5.74) is 0.382. The van der Waals surface area contributed by atoms with E-state index in [4.69, 9.17) is 0 Å². The van der Waals surface area contributed by atoms with Crippen LogP contribution in [0.1, 0.15) is 25.5 Å². The zero-order valence-electron chi connectivity index (χ0n) is 7.29. The molecule has 1 nitrogen and oxygen atoms in total. The maximum Gasteiger partial charge on any atom is 0.129 e. The van der Waals surface area contributed by atoms with Crippen molar-refractivity contribution >= 4 is 0 Å². The van der Waals surface area contributed by atoms with Crippen molar-refractivity contribution in [3.05, 3.63) is 35.6 Å². The summed E-state index contributed by atoms with van der Waals surface area (Å²) in [7, 11) is 0. The molecule has 1 aromatic carbocycles. The van der Waals surface area contributed by atoms with Gasteiger partial charge in [-0.15, -0.1) is 0 Å². The van der Waals surface area contributed by atoms with E-state index in [1.54, 1.807) is 18.2 Å². The smallest absolute Gasteiger partial charge is 0.129 e. The number of aliphatic hydroxyl groups is 1. The van der Waals surface area contributed by atoms with E-state index < -0.39 is 6.10 Å². The second kappa shape index (κ2) is 3.68. The van der Waals surface area contributed by atoms with Crippen LogP contribution in [0.2, 0.25) is 0 Å². The summed E-state index contributed by atoms with van der Waals surface area (Å²) in [6, 6.07) is 6.32. The minimum Gasteiger partial charge on any atom is -0.388 e. The molecule has 1 N–H and O–H groups in total. The predicted octanol–water partition coefficient (Wildman–Crippen LogP) is 2.52. The summed E-state index contributed by atoms with van der Waals surface area (Å²) in [6.45, 7) is 3.72. The lowest BCUT2D eigenvalue weighted by Gasteiger charge is -2.14. The molecule has 0 unspecified atom stereocenters. The van der Waals surface area contributed by atoms with Crippen molar-refractivity contribution in [2.75, 3.05) is 0 Å². The molecule has 0 aliphatic carbocycles. The van der Waals surface area contributed by atoms with Gasteiger partial charge in [0.25, 0.3) is 0 Å². The molecule has 0 radical (unpaired) electrons. The molecule has 1 rings (SSSR count). The van der Waals surface area contributed by atoms with Crippen LogP contribution < -0.4 is 0 Å². The fourth-order valence-corrected chi connectivity index (χ4v) is 1.07. The van der Waals surface area contributed by atoms with E-state index in [1.165, 1.54) is 6.07 Å². The summed E-state index contributed by atoms with van der Waals surface area (Å²) in [5.74, 6) is -0.291. The molecule has 0 fully saturated rings. The fraction of sp³-hybridized carbons (Fsp3) is 0.400. The zero-order valence-corrected chi connectivity index (χ0v) is 7.29. The van der Waals surface area contributed by atoms with Gasteiger partial charge in [0.1, 0.15) is 5.82 Å². The predicted molar refractivity (Wildman–Crippen MR) is 46.2 cm³/mol. The van der Waals surface area contributed by atoms with Crippen LogP contribution in [0.15, 0.2) is 24.3 Å². The maximum absolute atomic E-state index is 13.0. The van der Waals surface area contributed by atoms with Gasteiger partial charge in [-0.25, -0.2) is 4.39 Å². The largest absolute Gasteiger partial charge is 0.388 e. The van der Waals surface area contributed by atoms with Gasteiger partial charge in [0.05, 0.1) is 6.10 Å². The highest BCUT2D eigenvalue weighted by molar-refractivity contribution is 5.19. The first kappa shape index (κ1) is 9.20. The van der Waals surface area contributed by atoms with E-state index >= 15 is 0 Å². The number of halogens is 1. The lowest BCUT2D eigenvalue weighted by molar-refractivity contribution is 0.123. The van der Waals surface area contributed by atoms with E-state index in [1.807, 2.05) is 13.8 Å². The Balaban J connectivity index is 2.94. The van der Waals surface area contributed by atoms with E-state index in [0.717, 1.165) is 0 Å². The molecule has 0 spiro atoms. The molecule has 66 valence electrons. The van der Waals surface area contributed by atoms with Gasteiger partial charge in [-0.2, -0.15) is 0 Å². The number of benzene rings is 1. The van der Waals surface area contributed by atoms with E-state index in [0.29, 0.717) is 5.56 Å². The molecule has 0 saturated carbocycles. The molecule has 2 heteroatoms. The highest BCUT2D eigenvalue weighted by atomic mass is 19.1. The third-order valence-corrected chi connectivity index (χ3v) is 1.86. The van der Waals surface area contributed by atoms with Gasteiger partial charge in [-0.1, -0.05) is 32.0 Å². The van der Waals surface area contributed by atoms with Gasteiger partial charge in [0.2, 0.25) is 0 Å². The summed E-state index contributed by atoms with van der Waals surface area (Å²) in [6.07, 6.45) is -0.703. The van der Waals surface area contributed by atoms with Crippen molar-refractivity contribution in [2.45, 2.75) is 20.0 Å². The SMILES string of the molecule is CC(C)[C@H](O)c1ccccc1F. The topological polar surface area (TPSA) is 20.2 Å². The van der Waals surface area contributed by atoms with E-state index in [2.05, 4.69) is 0 Å². The Bertz CT molecular complexity index is 258. The lowest BCUT2D eigenvalue weighted by Crippen LogP contribution is -2.07. The molecular formula is C10H13FO. The minimum atomic E-state index is -0.703. The van der Waals surface area contributed by atoms with Crippen LogP contribution in [0, 0.1) is 11.7 Å². The van der Waals surface area contributed by atoms with Crippen molar-refractivity contribution < 1.29 is 9.50 Å². The first-order valence-electron chi connectivity index (χ1n) is 4.05. The molecule has 0 aromatic heterocycles. The molecule has 0 bridgehead atoms. The second-order valence-electron chi connectivity index (χ2n) is 3.21. The van der Waals surface area contributed by atoms with Crippen molar-refractivity contribution in [3.63, 3.8) is 0 Å². The van der Waals surface area contributed by atoms with Gasteiger partial charge < -0.3 is 5.11 Å². The standard InChI is InChI=1S/C10H13FO/c1-7(2)10(12)8-5-3-4-6-9(8)11/h3-7,10,12H,1-2H3/t10-/m0/s1. The molecule has 0 aliphatic heterocycles. The van der Waals surface area contributed by atoms with E-state index in [9.17, 15) is 9.50 Å². The summed E-state index contributed by atoms with van der Waals surface area (Å²) in [4.78, 5) is 0. The Labute approximate surface area is 71.9 Å². The number of hydrogen-bond acceptors (Lipinski definition) is 1. The highest BCUT2D eigenvalue weighted by Gasteiger charge is 2.14. The van der Waals surface area contributed by atoms with Crippen LogP contribution in [0.25, 0.3) is 0 Å². The minimum absolute atomic E-state index is 0.0434. The molecule has 0 amide bonds. The highest BCUT2D eigenvalue weighted by Crippen LogP contribution is 2.23. The Morgan fingerprint density at radius 2 is 1.83 bits per heavy atom. The third kappa shape index (κ3) is 1.83. The first-order valence-corrected chi connectivity index (χ1v) is 4.05. The molecule has 1 aromatic rings. The van der Waals surface area contributed by atoms with Crippen molar-refractivity contribution in [2.24, 2.45) is 5.92 Å². The average Bonchev–Trinajstić information content (AvgIpc) is 2.04. The van der Waals surface area contributed by atoms with Gasteiger partial charge in [-0.05, 0) is 12.0 Å². The monoisotopic (exact) mass is 168 g/mol. The summed E-state index contributed by atoms with van der Waals surface area (Å²) in [5, 5.41) is 9.54. The van der Waals surface area contributed by atoms with Crippen LogP contribution in [0.5, 0.6) is 0 Å². The maximum atomic E-state index is 13.0. The average molecular weight is 168 g/mol. The normalized spacial score (nSPS) is 13.4. The zero-order chi connectivity index (χ0) is 9.14. The molecular weight excluding hydrogens is 155 g/mol. The van der Waals surface area contributed by atoms with E-state index in [-0.39, 0.29) is 11.7 Å². The molecule has 1 atom stereocenters. The number of aliphatic hydroxyl groups excluding tert-OH is 1. The van der Waals surface area contributed by atoms with Crippen LogP contribution in [0.3, 0.4) is 0 Å². The van der Waals surface area contributed by atoms with Crippen LogP contribution in [-0.4, -0.2) is 5.11 Å². The second-order valence-corrected chi connectivity index (χ2v) is 3.21. The quantitative estimate of drug-likeness (QED) is 0.719. The molecule has 12 heavy (non-hydrogen) atoms. The number of hydrogen-bond donors (Lipinski definition) is 1. The van der Waals surface area contributed by atoms with Gasteiger partial charge in [0, 0.05) is 5.56 Å². The van der Waals surface area contributed by atoms with Gasteiger partial charge >= 0.3 is 0 Å².